The molecule has 2 aliphatic rings. The summed E-state index contributed by atoms with van der Waals surface area (Å²) in [6, 6.07) is 12.9. The smallest absolute Gasteiger partial charge is 0.124 e. The summed E-state index contributed by atoms with van der Waals surface area (Å²) in [7, 11) is 0. The van der Waals surface area contributed by atoms with E-state index in [1.54, 1.807) is 26.2 Å². The van der Waals surface area contributed by atoms with Gasteiger partial charge in [0.05, 0.1) is 11.4 Å². The molecule has 0 unspecified atom stereocenters. The van der Waals surface area contributed by atoms with Crippen molar-refractivity contribution in [1.29, 1.82) is 0 Å². The number of aliphatic hydroxyl groups is 2. The Labute approximate surface area is 202 Å². The van der Waals surface area contributed by atoms with E-state index in [2.05, 4.69) is 65.1 Å². The van der Waals surface area contributed by atoms with E-state index in [0.717, 1.165) is 29.8 Å². The van der Waals surface area contributed by atoms with Crippen LogP contribution in [0, 0.1) is 5.41 Å². The number of likely N-dealkylation sites (tertiary alicyclic amines) is 1. The van der Waals surface area contributed by atoms with Crippen LogP contribution in [0.3, 0.4) is 0 Å². The van der Waals surface area contributed by atoms with Crippen molar-refractivity contribution in [2.75, 3.05) is 13.1 Å². The predicted molar refractivity (Wildman–Crippen MR) is 133 cm³/mol. The first-order chi connectivity index (χ1) is 16.0. The Bertz CT molecular complexity index is 1170. The molecule has 0 spiro atoms. The van der Waals surface area contributed by atoms with Gasteiger partial charge in [-0.2, -0.15) is 5.10 Å². The minimum absolute atomic E-state index is 0.334. The average Bonchev–Trinajstić information content (AvgIpc) is 3.49. The van der Waals surface area contributed by atoms with Crippen LogP contribution in [0.25, 0.3) is 11.3 Å². The van der Waals surface area contributed by atoms with Gasteiger partial charge in [-0.25, -0.2) is 0 Å². The van der Waals surface area contributed by atoms with Crippen molar-refractivity contribution in [2.45, 2.75) is 70.6 Å². The van der Waals surface area contributed by atoms with Crippen LogP contribution in [0.4, 0.5) is 0 Å². The Hall–Kier alpha value is -2.54. The maximum atomic E-state index is 12.6. The quantitative estimate of drug-likeness (QED) is 0.482. The number of nitrogens with one attached hydrogen (secondary N) is 1. The number of aromatic amines is 1. The maximum Gasteiger partial charge on any atom is 0.124 e. The van der Waals surface area contributed by atoms with Gasteiger partial charge in [-0.15, -0.1) is 0 Å². The molecule has 6 nitrogen and oxygen atoms in total. The lowest BCUT2D eigenvalue weighted by molar-refractivity contribution is -0.138. The molecular formula is C28H36N4O2. The monoisotopic (exact) mass is 460 g/mol. The molecule has 3 N–H and O–H groups in total. The minimum Gasteiger partial charge on any atom is -0.384 e. The number of benzene rings is 1. The van der Waals surface area contributed by atoms with E-state index in [1.807, 2.05) is 12.1 Å². The van der Waals surface area contributed by atoms with Crippen molar-refractivity contribution in [2.24, 2.45) is 5.41 Å². The van der Waals surface area contributed by atoms with Crippen LogP contribution in [0.5, 0.6) is 0 Å². The second kappa shape index (κ2) is 8.01. The molecular weight excluding hydrogens is 424 g/mol. The fourth-order valence-corrected chi connectivity index (χ4v) is 5.31. The highest BCUT2D eigenvalue weighted by Crippen LogP contribution is 2.53. The second-order valence-corrected chi connectivity index (χ2v) is 11.4. The van der Waals surface area contributed by atoms with Crippen molar-refractivity contribution >= 4 is 0 Å². The molecule has 6 heteroatoms. The molecule has 1 atom stereocenters. The summed E-state index contributed by atoms with van der Waals surface area (Å²) in [5, 5.41) is 30.2. The van der Waals surface area contributed by atoms with Crippen LogP contribution in [-0.2, 0) is 11.2 Å². The summed E-state index contributed by atoms with van der Waals surface area (Å²) in [6.45, 7) is 11.7. The Morgan fingerprint density at radius 1 is 1.03 bits per heavy atom. The number of hydrogen-bond donors (Lipinski definition) is 3. The number of H-pyrrole nitrogens is 1. The zero-order valence-electron chi connectivity index (χ0n) is 20.8. The third-order valence-corrected chi connectivity index (χ3v) is 7.72. The fraction of sp³-hybridized carbons (Fsp3) is 0.500. The maximum absolute atomic E-state index is 12.6. The summed E-state index contributed by atoms with van der Waals surface area (Å²) in [5.41, 5.74) is 2.53. The van der Waals surface area contributed by atoms with Crippen LogP contribution in [0.15, 0.2) is 48.8 Å². The minimum atomic E-state index is -1.19. The predicted octanol–water partition coefficient (Wildman–Crippen LogP) is 4.54. The van der Waals surface area contributed by atoms with Crippen molar-refractivity contribution in [3.05, 3.63) is 71.2 Å². The molecule has 2 aromatic heterocycles. The van der Waals surface area contributed by atoms with Crippen molar-refractivity contribution < 1.29 is 10.2 Å². The second-order valence-electron chi connectivity index (χ2n) is 11.4. The average molecular weight is 461 g/mol. The topological polar surface area (TPSA) is 85.3 Å². The zero-order chi connectivity index (χ0) is 24.3. The van der Waals surface area contributed by atoms with E-state index in [-0.39, 0.29) is 5.41 Å². The zero-order valence-corrected chi connectivity index (χ0v) is 20.8. The summed E-state index contributed by atoms with van der Waals surface area (Å²) in [5.74, 6) is 0.432. The molecule has 3 heterocycles. The van der Waals surface area contributed by atoms with Gasteiger partial charge in [0.2, 0.25) is 0 Å². The molecule has 1 aliphatic heterocycles. The molecule has 0 radical (unpaired) electrons. The van der Waals surface area contributed by atoms with Gasteiger partial charge in [0, 0.05) is 48.1 Å². The van der Waals surface area contributed by atoms with Gasteiger partial charge in [0.25, 0.3) is 0 Å². The molecule has 34 heavy (non-hydrogen) atoms. The van der Waals surface area contributed by atoms with Gasteiger partial charge in [-0.1, -0.05) is 45.0 Å². The first-order valence-electron chi connectivity index (χ1n) is 12.3. The van der Waals surface area contributed by atoms with E-state index < -0.39 is 11.2 Å². The van der Waals surface area contributed by atoms with Crippen LogP contribution >= 0.6 is 0 Å². The summed E-state index contributed by atoms with van der Waals surface area (Å²) in [4.78, 5) is 7.01. The Balaban J connectivity index is 1.57. The largest absolute Gasteiger partial charge is 0.384 e. The molecule has 5 rings (SSSR count). The lowest BCUT2D eigenvalue weighted by Gasteiger charge is -2.57. The molecule has 1 aromatic carbocycles. The van der Waals surface area contributed by atoms with Crippen LogP contribution in [0.1, 0.15) is 75.8 Å². The van der Waals surface area contributed by atoms with Crippen LogP contribution in [0.2, 0.25) is 0 Å². The van der Waals surface area contributed by atoms with Gasteiger partial charge in [-0.05, 0) is 55.9 Å². The SMILES string of the molecule is CC(C)c1ccc([C@](O)(c2cncc(-c3cc(C(C)(C)O)[nH]n3)c2)C2(C)CN(C3CC3)C2)cc1. The summed E-state index contributed by atoms with van der Waals surface area (Å²) in [6.07, 6.45) is 6.07. The van der Waals surface area contributed by atoms with Gasteiger partial charge in [-0.3, -0.25) is 15.0 Å². The molecule has 1 saturated carbocycles. The normalized spacial score (nSPS) is 20.2. The van der Waals surface area contributed by atoms with E-state index in [0.29, 0.717) is 23.3 Å². The Morgan fingerprint density at radius 3 is 2.26 bits per heavy atom. The van der Waals surface area contributed by atoms with E-state index in [4.69, 9.17) is 0 Å². The highest BCUT2D eigenvalue weighted by atomic mass is 16.3. The molecule has 2 fully saturated rings. The van der Waals surface area contributed by atoms with E-state index in [9.17, 15) is 10.2 Å². The number of aromatic nitrogens is 3. The molecule has 3 aromatic rings. The lowest BCUT2D eigenvalue weighted by atomic mass is 9.61. The van der Waals surface area contributed by atoms with E-state index >= 15 is 0 Å². The number of nitrogens with zero attached hydrogens (tertiary/aromatic N) is 3. The number of rotatable bonds is 7. The summed E-state index contributed by atoms with van der Waals surface area (Å²) < 4.78 is 0. The lowest BCUT2D eigenvalue weighted by Crippen LogP contribution is -2.65. The molecule has 1 aliphatic carbocycles. The summed E-state index contributed by atoms with van der Waals surface area (Å²) >= 11 is 0. The number of pyridine rings is 1. The van der Waals surface area contributed by atoms with Crippen molar-refractivity contribution in [3.63, 3.8) is 0 Å². The number of hydrogen-bond acceptors (Lipinski definition) is 5. The van der Waals surface area contributed by atoms with Crippen LogP contribution < -0.4 is 0 Å². The van der Waals surface area contributed by atoms with Gasteiger partial charge in [0.15, 0.2) is 0 Å². The van der Waals surface area contributed by atoms with Crippen LogP contribution in [-0.4, -0.2) is 49.4 Å². The standard InChI is InChI=1S/C28H36N4O2/c1-18(2)19-6-8-21(9-7-19)28(34,27(5)16-32(17-27)23-10-11-23)22-12-20(14-29-15-22)24-13-25(31-30-24)26(3,4)33/h6-9,12-15,18,23,33-34H,10-11,16-17H2,1-5H3,(H,30,31)/t28-/m0/s1. The van der Waals surface area contributed by atoms with Gasteiger partial charge >= 0.3 is 0 Å². The van der Waals surface area contributed by atoms with Gasteiger partial charge in [0.1, 0.15) is 11.2 Å². The Kier molecular flexibility index (Phi) is 5.47. The van der Waals surface area contributed by atoms with Gasteiger partial charge < -0.3 is 10.2 Å². The molecule has 180 valence electrons. The molecule has 0 bridgehead atoms. The first-order valence-corrected chi connectivity index (χ1v) is 12.3. The highest BCUT2D eigenvalue weighted by molar-refractivity contribution is 5.60. The van der Waals surface area contributed by atoms with Crippen molar-refractivity contribution in [3.8, 4) is 11.3 Å². The first kappa shape index (κ1) is 23.2. The van der Waals surface area contributed by atoms with E-state index in [1.165, 1.54) is 18.4 Å². The molecule has 0 amide bonds. The molecule has 1 saturated heterocycles. The Morgan fingerprint density at radius 2 is 1.71 bits per heavy atom. The van der Waals surface area contributed by atoms with Crippen molar-refractivity contribution in [1.82, 2.24) is 20.1 Å². The third-order valence-electron chi connectivity index (χ3n) is 7.72. The third kappa shape index (κ3) is 3.88. The fourth-order valence-electron chi connectivity index (χ4n) is 5.31. The highest BCUT2D eigenvalue weighted by Gasteiger charge is 2.58.